The zero-order valence-electron chi connectivity index (χ0n) is 21.3. The molecular weight excluding hydrogens is 454 g/mol. The summed E-state index contributed by atoms with van der Waals surface area (Å²) in [6.45, 7) is 2.53. The Balaban J connectivity index is 1.22. The van der Waals surface area contributed by atoms with Gasteiger partial charge in [0.15, 0.2) is 5.78 Å². The van der Waals surface area contributed by atoms with Crippen LogP contribution in [-0.4, -0.2) is 47.3 Å². The molecule has 1 amide bonds. The van der Waals surface area contributed by atoms with Crippen molar-refractivity contribution in [1.29, 1.82) is 0 Å². The minimum atomic E-state index is -0.915. The zero-order valence-corrected chi connectivity index (χ0v) is 21.3. The van der Waals surface area contributed by atoms with Crippen molar-refractivity contribution >= 4 is 11.7 Å². The summed E-state index contributed by atoms with van der Waals surface area (Å²) in [5.41, 5.74) is 0.715. The van der Waals surface area contributed by atoms with E-state index in [2.05, 4.69) is 11.4 Å². The zero-order chi connectivity index (χ0) is 25.1. The lowest BCUT2D eigenvalue weighted by Crippen LogP contribution is -2.66. The van der Waals surface area contributed by atoms with Gasteiger partial charge in [0.25, 0.3) is 0 Å². The molecule has 6 aliphatic rings. The number of ketones is 1. The number of methoxy groups -OCH3 is 1. The van der Waals surface area contributed by atoms with Crippen LogP contribution in [0.4, 0.5) is 0 Å². The molecule has 6 heteroatoms. The van der Waals surface area contributed by atoms with E-state index in [1.165, 1.54) is 5.57 Å². The second-order valence-electron chi connectivity index (χ2n) is 13.0. The van der Waals surface area contributed by atoms with Gasteiger partial charge < -0.3 is 20.3 Å². The fraction of sp³-hybridized carbons (Fsp3) is 0.667. The van der Waals surface area contributed by atoms with Crippen LogP contribution in [0.5, 0.6) is 5.75 Å². The van der Waals surface area contributed by atoms with Gasteiger partial charge in [-0.3, -0.25) is 9.59 Å². The molecule has 7 rings (SSSR count). The van der Waals surface area contributed by atoms with Crippen LogP contribution in [-0.2, 0) is 16.0 Å². The number of aliphatic hydroxyl groups excluding tert-OH is 1. The minimum absolute atomic E-state index is 0.0277. The summed E-state index contributed by atoms with van der Waals surface area (Å²) in [6, 6.07) is 7.91. The summed E-state index contributed by atoms with van der Waals surface area (Å²) in [6.07, 6.45) is 8.14. The molecule has 0 aromatic heterocycles. The van der Waals surface area contributed by atoms with E-state index in [1.807, 2.05) is 31.2 Å². The van der Waals surface area contributed by atoms with Crippen LogP contribution in [0.15, 0.2) is 35.9 Å². The molecule has 8 atom stereocenters. The third kappa shape index (κ3) is 2.65. The molecule has 3 N–H and O–H groups in total. The van der Waals surface area contributed by atoms with Crippen molar-refractivity contribution < 1.29 is 24.5 Å². The van der Waals surface area contributed by atoms with E-state index in [0.29, 0.717) is 19.4 Å². The second-order valence-corrected chi connectivity index (χ2v) is 13.0. The number of ether oxygens (including phenoxy) is 1. The fourth-order valence-corrected chi connectivity index (χ4v) is 9.87. The molecule has 36 heavy (non-hydrogen) atoms. The second kappa shape index (κ2) is 7.22. The first kappa shape index (κ1) is 23.0. The van der Waals surface area contributed by atoms with Gasteiger partial charge in [0.1, 0.15) is 11.9 Å². The monoisotopic (exact) mass is 491 g/mol. The number of benzene rings is 1. The van der Waals surface area contributed by atoms with Gasteiger partial charge in [0.2, 0.25) is 5.91 Å². The van der Waals surface area contributed by atoms with Crippen molar-refractivity contribution in [2.45, 2.75) is 70.0 Å². The van der Waals surface area contributed by atoms with E-state index in [0.717, 1.165) is 49.8 Å². The highest BCUT2D eigenvalue weighted by Gasteiger charge is 2.80. The van der Waals surface area contributed by atoms with E-state index in [-0.39, 0.29) is 46.2 Å². The summed E-state index contributed by atoms with van der Waals surface area (Å²) in [7, 11) is 1.65. The number of nitrogens with one attached hydrogen (secondary N) is 1. The van der Waals surface area contributed by atoms with E-state index >= 15 is 0 Å². The van der Waals surface area contributed by atoms with Gasteiger partial charge in [0, 0.05) is 23.8 Å². The molecule has 0 heterocycles. The minimum Gasteiger partial charge on any atom is -0.497 e. The molecule has 0 radical (unpaired) electrons. The molecule has 5 fully saturated rings. The Bertz CT molecular complexity index is 1170. The van der Waals surface area contributed by atoms with Gasteiger partial charge in [-0.1, -0.05) is 30.7 Å². The van der Waals surface area contributed by atoms with Crippen LogP contribution in [0, 0.1) is 39.9 Å². The fourth-order valence-electron chi connectivity index (χ4n) is 9.87. The molecule has 192 valence electrons. The highest BCUT2D eigenvalue weighted by Crippen LogP contribution is 2.81. The normalized spacial score (nSPS) is 44.7. The Kier molecular flexibility index (Phi) is 4.61. The maximum absolute atomic E-state index is 14.2. The Morgan fingerprint density at radius 3 is 2.61 bits per heavy atom. The Morgan fingerprint density at radius 2 is 1.92 bits per heavy atom. The van der Waals surface area contributed by atoms with E-state index in [9.17, 15) is 19.8 Å². The van der Waals surface area contributed by atoms with Crippen LogP contribution in [0.25, 0.3) is 0 Å². The van der Waals surface area contributed by atoms with E-state index < -0.39 is 17.1 Å². The summed E-state index contributed by atoms with van der Waals surface area (Å²) in [5, 5.41) is 25.6. The van der Waals surface area contributed by atoms with Crippen molar-refractivity contribution in [3.63, 3.8) is 0 Å². The molecule has 8 unspecified atom stereocenters. The third-order valence-electron chi connectivity index (χ3n) is 11.7. The molecule has 0 saturated heterocycles. The molecule has 2 bridgehead atoms. The van der Waals surface area contributed by atoms with E-state index in [1.54, 1.807) is 7.11 Å². The number of fused-ring (bicyclic) bond motifs is 6. The number of allylic oxidation sites excluding steroid dienone is 2. The summed E-state index contributed by atoms with van der Waals surface area (Å²) < 4.78 is 5.25. The molecule has 2 spiro atoms. The van der Waals surface area contributed by atoms with Gasteiger partial charge in [-0.15, -0.1) is 0 Å². The first-order valence-electron chi connectivity index (χ1n) is 13.7. The van der Waals surface area contributed by atoms with Crippen molar-refractivity contribution in [1.82, 2.24) is 5.32 Å². The first-order valence-corrected chi connectivity index (χ1v) is 13.7. The largest absolute Gasteiger partial charge is 0.497 e. The van der Waals surface area contributed by atoms with Crippen molar-refractivity contribution in [2.24, 2.45) is 39.9 Å². The van der Waals surface area contributed by atoms with Crippen molar-refractivity contribution in [2.75, 3.05) is 13.7 Å². The predicted octanol–water partition coefficient (Wildman–Crippen LogP) is 3.20. The summed E-state index contributed by atoms with van der Waals surface area (Å²) >= 11 is 0. The molecule has 6 nitrogen and oxygen atoms in total. The van der Waals surface area contributed by atoms with Crippen LogP contribution in [0.2, 0.25) is 0 Å². The number of rotatable bonds is 5. The number of hydrogen-bond acceptors (Lipinski definition) is 5. The topological polar surface area (TPSA) is 95.9 Å². The maximum atomic E-state index is 14.2. The number of amides is 1. The SMILES string of the molecule is COc1ccc(CCNC(=O)C2C3C(=CCC4C(O)C(=O)C43C)C3CCC4(O)CC32CC42CC2)cc1. The third-order valence-corrected chi connectivity index (χ3v) is 11.7. The number of carbonyl (C=O) groups excluding carboxylic acids is 2. The lowest BCUT2D eigenvalue weighted by molar-refractivity contribution is -0.178. The van der Waals surface area contributed by atoms with Crippen LogP contribution >= 0.6 is 0 Å². The van der Waals surface area contributed by atoms with Gasteiger partial charge in [-0.25, -0.2) is 0 Å². The van der Waals surface area contributed by atoms with Crippen molar-refractivity contribution in [3.05, 3.63) is 41.5 Å². The number of Topliss-reactive ketones (excluding diaryl/α,β-unsaturated/α-hetero) is 1. The lowest BCUT2D eigenvalue weighted by Gasteiger charge is -2.56. The standard InChI is InChI=1S/C30H37NO5/c1-27-21(24(32)25(27)33)8-7-19-20-9-11-30(35)16-29(20,15-28(30)12-13-28)23(22(19)27)26(34)31-14-10-17-3-5-18(36-2)6-4-17/h3-7,20-24,32,35H,8-16H2,1-2H3,(H,31,34). The average Bonchev–Trinajstić information content (AvgIpc) is 3.56. The molecule has 1 aromatic carbocycles. The van der Waals surface area contributed by atoms with Gasteiger partial charge in [-0.2, -0.15) is 0 Å². The van der Waals surface area contributed by atoms with Crippen LogP contribution in [0.3, 0.4) is 0 Å². The van der Waals surface area contributed by atoms with Crippen LogP contribution < -0.4 is 10.1 Å². The smallest absolute Gasteiger partial charge is 0.224 e. The van der Waals surface area contributed by atoms with Crippen LogP contribution in [0.1, 0.15) is 57.4 Å². The Hall–Kier alpha value is -2.18. The number of hydrogen-bond donors (Lipinski definition) is 3. The van der Waals surface area contributed by atoms with E-state index in [4.69, 9.17) is 4.74 Å². The number of carbonyl (C=O) groups is 2. The number of aliphatic hydroxyl groups is 2. The highest BCUT2D eigenvalue weighted by molar-refractivity contribution is 5.98. The summed E-state index contributed by atoms with van der Waals surface area (Å²) in [5.74, 6) is 0.382. The highest BCUT2D eigenvalue weighted by atomic mass is 16.5. The molecule has 6 aliphatic carbocycles. The first-order chi connectivity index (χ1) is 17.2. The molecule has 5 saturated carbocycles. The Morgan fingerprint density at radius 1 is 1.17 bits per heavy atom. The average molecular weight is 492 g/mol. The quantitative estimate of drug-likeness (QED) is 0.550. The molecule has 1 aromatic rings. The predicted molar refractivity (Wildman–Crippen MR) is 133 cm³/mol. The van der Waals surface area contributed by atoms with Crippen molar-refractivity contribution in [3.8, 4) is 5.75 Å². The molecular formula is C30H37NO5. The Labute approximate surface area is 212 Å². The summed E-state index contributed by atoms with van der Waals surface area (Å²) in [4.78, 5) is 27.4. The van der Waals surface area contributed by atoms with Gasteiger partial charge in [0.05, 0.1) is 18.6 Å². The van der Waals surface area contributed by atoms with Gasteiger partial charge >= 0.3 is 0 Å². The maximum Gasteiger partial charge on any atom is 0.224 e. The van der Waals surface area contributed by atoms with Gasteiger partial charge in [-0.05, 0) is 85.8 Å². The molecule has 0 aliphatic heterocycles. The lowest BCUT2D eigenvalue weighted by atomic mass is 9.46.